The molecule has 2 aliphatic heterocycles. The number of fused-ring (bicyclic) bond motifs is 2. The minimum atomic E-state index is -3.92. The second kappa shape index (κ2) is 12.9. The van der Waals surface area contributed by atoms with Crippen LogP contribution in [0, 0.1) is 5.92 Å². The van der Waals surface area contributed by atoms with Crippen molar-refractivity contribution in [1.29, 1.82) is 0 Å². The number of carbonyl (C=O) groups excluding carboxylic acids is 2. The highest BCUT2D eigenvalue weighted by molar-refractivity contribution is 7.89. The molecule has 3 aromatic rings. The molecule has 3 atom stereocenters. The molecule has 2 aliphatic rings. The zero-order valence-corrected chi connectivity index (χ0v) is 25.9. The average Bonchev–Trinajstić information content (AvgIpc) is 3.47. The summed E-state index contributed by atoms with van der Waals surface area (Å²) in [5, 5.41) is 15.8. The Morgan fingerprint density at radius 3 is 2.57 bits per heavy atom. The van der Waals surface area contributed by atoms with Gasteiger partial charge in [0.25, 0.3) is 5.91 Å². The largest absolute Gasteiger partial charge is 0.486 e. The third kappa shape index (κ3) is 6.55. The molecule has 3 N–H and O–H groups in total. The molecule has 3 aromatic carbocycles. The lowest BCUT2D eigenvalue weighted by Gasteiger charge is -2.38. The summed E-state index contributed by atoms with van der Waals surface area (Å²) in [6.07, 6.45) is -0.748. The van der Waals surface area contributed by atoms with Gasteiger partial charge in [-0.3, -0.25) is 4.79 Å². The number of hydrogen-bond donors (Lipinski definition) is 3. The van der Waals surface area contributed by atoms with Crippen LogP contribution in [0.4, 0.5) is 16.2 Å². The van der Waals surface area contributed by atoms with Crippen LogP contribution in [0.25, 0.3) is 0 Å². The van der Waals surface area contributed by atoms with Gasteiger partial charge in [-0.05, 0) is 55.5 Å². The van der Waals surface area contributed by atoms with Crippen molar-refractivity contribution in [2.75, 3.05) is 44.2 Å². The molecule has 0 saturated heterocycles. The van der Waals surface area contributed by atoms with Gasteiger partial charge >= 0.3 is 6.03 Å². The van der Waals surface area contributed by atoms with Crippen LogP contribution >= 0.6 is 11.6 Å². The van der Waals surface area contributed by atoms with Crippen molar-refractivity contribution in [3.63, 3.8) is 0 Å². The van der Waals surface area contributed by atoms with E-state index < -0.39 is 34.1 Å². The molecule has 0 spiro atoms. The molecule has 0 unspecified atom stereocenters. The van der Waals surface area contributed by atoms with Crippen molar-refractivity contribution >= 4 is 44.9 Å². The Kier molecular flexibility index (Phi) is 9.20. The predicted molar refractivity (Wildman–Crippen MR) is 164 cm³/mol. The highest BCUT2D eigenvalue weighted by Gasteiger charge is 2.36. The summed E-state index contributed by atoms with van der Waals surface area (Å²) in [7, 11) is -2.47. The third-order valence-corrected chi connectivity index (χ3v) is 9.62. The zero-order valence-electron chi connectivity index (χ0n) is 24.3. The van der Waals surface area contributed by atoms with E-state index in [0.717, 1.165) is 0 Å². The second-order valence-electron chi connectivity index (χ2n) is 10.7. The molecule has 234 valence electrons. The first-order valence-electron chi connectivity index (χ1n) is 13.9. The summed E-state index contributed by atoms with van der Waals surface area (Å²) in [6.45, 7) is 3.50. The number of carbonyl (C=O) groups is 2. The third-order valence-electron chi connectivity index (χ3n) is 7.53. The number of amides is 3. The van der Waals surface area contributed by atoms with Gasteiger partial charge in [0.05, 0.1) is 35.3 Å². The lowest BCUT2D eigenvalue weighted by molar-refractivity contribution is 0.0389. The van der Waals surface area contributed by atoms with Crippen LogP contribution in [0.15, 0.2) is 65.6 Å². The summed E-state index contributed by atoms with van der Waals surface area (Å²) >= 11 is 5.96. The number of rotatable bonds is 8. The molecule has 0 aliphatic carbocycles. The van der Waals surface area contributed by atoms with Crippen LogP contribution in [0.5, 0.6) is 17.2 Å². The van der Waals surface area contributed by atoms with E-state index in [1.54, 1.807) is 43.3 Å². The summed E-state index contributed by atoms with van der Waals surface area (Å²) < 4.78 is 45.1. The Morgan fingerprint density at radius 1 is 1.11 bits per heavy atom. The average molecular weight is 645 g/mol. The maximum atomic E-state index is 13.7. The number of halogens is 1. The zero-order chi connectivity index (χ0) is 31.6. The molecule has 0 radical (unpaired) electrons. The van der Waals surface area contributed by atoms with Crippen LogP contribution in [-0.4, -0.2) is 80.4 Å². The quantitative estimate of drug-likeness (QED) is 0.330. The van der Waals surface area contributed by atoms with E-state index in [1.165, 1.54) is 40.5 Å². The number of likely N-dealkylation sites (N-methyl/N-ethyl adjacent to an activating group) is 1. The van der Waals surface area contributed by atoms with Crippen molar-refractivity contribution in [3.8, 4) is 17.2 Å². The number of aliphatic hydroxyl groups excluding tert-OH is 1. The van der Waals surface area contributed by atoms with Crippen LogP contribution < -0.4 is 24.8 Å². The molecular formula is C30H33ClN4O8S. The van der Waals surface area contributed by atoms with Gasteiger partial charge in [0.15, 0.2) is 17.2 Å². The summed E-state index contributed by atoms with van der Waals surface area (Å²) in [4.78, 5) is 28.4. The van der Waals surface area contributed by atoms with Gasteiger partial charge in [-0.15, -0.1) is 0 Å². The Labute approximate surface area is 260 Å². The Balaban J connectivity index is 1.45. The maximum Gasteiger partial charge on any atom is 0.323 e. The van der Waals surface area contributed by atoms with Crippen molar-refractivity contribution < 1.29 is 37.3 Å². The molecule has 0 aromatic heterocycles. The predicted octanol–water partition coefficient (Wildman–Crippen LogP) is 4.25. The molecule has 12 nitrogen and oxygen atoms in total. The topological polar surface area (TPSA) is 147 Å². The van der Waals surface area contributed by atoms with E-state index >= 15 is 0 Å². The molecule has 14 heteroatoms. The minimum absolute atomic E-state index is 0.0662. The van der Waals surface area contributed by atoms with E-state index in [1.807, 2.05) is 6.92 Å². The van der Waals surface area contributed by atoms with Crippen molar-refractivity contribution in [3.05, 3.63) is 71.2 Å². The number of nitrogens with zero attached hydrogens (tertiary/aromatic N) is 2. The van der Waals surface area contributed by atoms with Gasteiger partial charge in [-0.2, -0.15) is 4.31 Å². The van der Waals surface area contributed by atoms with Gasteiger partial charge in [-0.1, -0.05) is 24.6 Å². The van der Waals surface area contributed by atoms with Crippen molar-refractivity contribution in [2.45, 2.75) is 30.9 Å². The monoisotopic (exact) mass is 644 g/mol. The maximum absolute atomic E-state index is 13.7. The van der Waals surface area contributed by atoms with Gasteiger partial charge in [-0.25, -0.2) is 13.2 Å². The van der Waals surface area contributed by atoms with Crippen LogP contribution in [0.1, 0.15) is 24.2 Å². The number of benzene rings is 3. The number of nitrogens with one attached hydrogen (secondary N) is 2. The Bertz CT molecular complexity index is 1650. The Morgan fingerprint density at radius 2 is 1.84 bits per heavy atom. The molecule has 2 heterocycles. The molecular weight excluding hydrogens is 612 g/mol. The normalized spacial score (nSPS) is 18.6. The van der Waals surface area contributed by atoms with Gasteiger partial charge < -0.3 is 34.9 Å². The minimum Gasteiger partial charge on any atom is -0.486 e. The molecule has 0 fully saturated rings. The number of urea groups is 1. The molecule has 3 amide bonds. The summed E-state index contributed by atoms with van der Waals surface area (Å²) in [5.74, 6) is 0.377. The number of para-hydroxylation sites is 1. The number of sulfonamides is 1. The SMILES string of the molecule is C[C@@H]1CN([C@@H](C)CO)C(=O)c2cccc(NC(=O)Nc3ccc4c(c3)OCO4)c2O[C@H]1CN(C)S(=O)(=O)c1ccc(Cl)cc1. The van der Waals surface area contributed by atoms with Crippen LogP contribution in [0.2, 0.25) is 5.02 Å². The molecule has 5 rings (SSSR count). The van der Waals surface area contributed by atoms with E-state index in [9.17, 15) is 23.1 Å². The molecule has 0 bridgehead atoms. The lowest BCUT2D eigenvalue weighted by Crippen LogP contribution is -2.50. The highest BCUT2D eigenvalue weighted by atomic mass is 35.5. The standard InChI is InChI=1S/C30H33ClN4O8S/c1-18-14-35(19(2)16-36)29(37)23-5-4-6-24(33-30(38)32-21-9-12-25-26(13-21)42-17-41-25)28(23)43-27(18)15-34(3)44(39,40)22-10-7-20(31)8-11-22/h4-13,18-19,27,36H,14-17H2,1-3H3,(H2,32,33,38)/t18-,19+,27+/m1/s1. The van der Waals surface area contributed by atoms with Gasteiger partial charge in [0.2, 0.25) is 16.8 Å². The Hall–Kier alpha value is -4.04. The number of anilines is 2. The fraction of sp³-hybridized carbons (Fsp3) is 0.333. The van der Waals surface area contributed by atoms with E-state index in [-0.39, 0.29) is 54.3 Å². The first-order chi connectivity index (χ1) is 21.0. The second-order valence-corrected chi connectivity index (χ2v) is 13.2. The van der Waals surface area contributed by atoms with Gasteiger partial charge in [0.1, 0.15) is 6.10 Å². The summed E-state index contributed by atoms with van der Waals surface area (Å²) in [6, 6.07) is 14.4. The van der Waals surface area contributed by atoms with Crippen molar-refractivity contribution in [2.24, 2.45) is 5.92 Å². The summed E-state index contributed by atoms with van der Waals surface area (Å²) in [5.41, 5.74) is 0.810. The van der Waals surface area contributed by atoms with Crippen molar-refractivity contribution in [1.82, 2.24) is 9.21 Å². The first kappa shape index (κ1) is 31.4. The van der Waals surface area contributed by atoms with Crippen LogP contribution in [0.3, 0.4) is 0 Å². The number of aliphatic hydroxyl groups is 1. The number of ether oxygens (including phenoxy) is 3. The van der Waals surface area contributed by atoms with E-state index in [0.29, 0.717) is 22.2 Å². The first-order valence-corrected chi connectivity index (χ1v) is 15.7. The van der Waals surface area contributed by atoms with Gasteiger partial charge in [0, 0.05) is 36.3 Å². The number of hydrogen-bond acceptors (Lipinski definition) is 8. The van der Waals surface area contributed by atoms with Crippen LogP contribution in [-0.2, 0) is 10.0 Å². The molecule has 0 saturated carbocycles. The van der Waals surface area contributed by atoms with E-state index in [2.05, 4.69) is 10.6 Å². The fourth-order valence-corrected chi connectivity index (χ4v) is 6.27. The molecule has 44 heavy (non-hydrogen) atoms. The van der Waals surface area contributed by atoms with E-state index in [4.69, 9.17) is 25.8 Å². The smallest absolute Gasteiger partial charge is 0.323 e. The lowest BCUT2D eigenvalue weighted by atomic mass is 9.99. The fourth-order valence-electron chi connectivity index (χ4n) is 4.96. The highest BCUT2D eigenvalue weighted by Crippen LogP contribution is 2.37.